The molecule has 0 aliphatic rings. The molecule has 4 nitrogen and oxygen atoms in total. The summed E-state index contributed by atoms with van der Waals surface area (Å²) in [5.41, 5.74) is 2.77. The van der Waals surface area contributed by atoms with Crippen molar-refractivity contribution in [3.63, 3.8) is 0 Å². The van der Waals surface area contributed by atoms with Gasteiger partial charge in [-0.25, -0.2) is 17.5 Å². The Morgan fingerprint density at radius 3 is 2.48 bits per heavy atom. The van der Waals surface area contributed by atoms with Crippen molar-refractivity contribution < 1.29 is 12.8 Å². The number of nitrogens with zero attached hydrogens (tertiary/aromatic N) is 1. The van der Waals surface area contributed by atoms with E-state index < -0.39 is 21.9 Å². The molecule has 0 spiro atoms. The van der Waals surface area contributed by atoms with Crippen LogP contribution in [0.1, 0.15) is 35.1 Å². The van der Waals surface area contributed by atoms with Gasteiger partial charge in [-0.15, -0.1) is 0 Å². The Labute approximate surface area is 187 Å². The minimum atomic E-state index is -3.96. The van der Waals surface area contributed by atoms with E-state index in [0.29, 0.717) is 22.6 Å². The molecular weight excluding hydrogens is 435 g/mol. The van der Waals surface area contributed by atoms with Crippen LogP contribution in [0, 0.1) is 24.1 Å². The first-order chi connectivity index (χ1) is 14.7. The molecule has 0 radical (unpaired) electrons. The lowest BCUT2D eigenvalue weighted by molar-refractivity contribution is 0.502. The van der Waals surface area contributed by atoms with Gasteiger partial charge in [0.05, 0.1) is 16.5 Å². The molecule has 2 unspecified atom stereocenters. The SMILES string of the molecule is Cc1ccc(F)cc1S(=O)(=O)NC(C)C(Cc1ccc(Cl)cc1)c1cccc(C#N)c1. The molecular formula is C24H22ClFN2O2S. The summed E-state index contributed by atoms with van der Waals surface area (Å²) in [6.45, 7) is 3.39. The summed E-state index contributed by atoms with van der Waals surface area (Å²) in [4.78, 5) is -0.0876. The molecule has 3 aromatic carbocycles. The van der Waals surface area contributed by atoms with Crippen molar-refractivity contribution in [3.05, 3.63) is 99.8 Å². The molecule has 0 bridgehead atoms. The van der Waals surface area contributed by atoms with Crippen LogP contribution in [-0.2, 0) is 16.4 Å². The maximum atomic E-state index is 13.7. The van der Waals surface area contributed by atoms with E-state index in [1.165, 1.54) is 12.1 Å². The molecule has 1 N–H and O–H groups in total. The Hall–Kier alpha value is -2.72. The summed E-state index contributed by atoms with van der Waals surface area (Å²) < 4.78 is 42.5. The van der Waals surface area contributed by atoms with Crippen molar-refractivity contribution in [1.29, 1.82) is 5.26 Å². The molecule has 3 aromatic rings. The van der Waals surface area contributed by atoms with Crippen LogP contribution in [0.25, 0.3) is 0 Å². The van der Waals surface area contributed by atoms with Crippen molar-refractivity contribution in [2.45, 2.75) is 37.1 Å². The lowest BCUT2D eigenvalue weighted by Gasteiger charge is -2.26. The van der Waals surface area contributed by atoms with E-state index in [1.807, 2.05) is 18.2 Å². The molecule has 0 aliphatic heterocycles. The Kier molecular flexibility index (Phi) is 7.11. The average molecular weight is 457 g/mol. The summed E-state index contributed by atoms with van der Waals surface area (Å²) in [6.07, 6.45) is 0.526. The summed E-state index contributed by atoms with van der Waals surface area (Å²) in [6, 6.07) is 19.7. The number of hydrogen-bond donors (Lipinski definition) is 1. The predicted octanol–water partition coefficient (Wildman–Crippen LogP) is 5.35. The highest BCUT2D eigenvalue weighted by atomic mass is 35.5. The number of aryl methyl sites for hydroxylation is 1. The molecule has 0 saturated heterocycles. The second-order valence-corrected chi connectivity index (χ2v) is 9.61. The number of benzene rings is 3. The van der Waals surface area contributed by atoms with Crippen molar-refractivity contribution in [1.82, 2.24) is 4.72 Å². The standard InChI is InChI=1S/C24H22ClFN2O2S/c1-16-6-11-22(26)14-24(16)31(29,30)28-17(2)23(13-18-7-9-21(25)10-8-18)20-5-3-4-19(12-20)15-27/h3-12,14,17,23,28H,13H2,1-2H3. The van der Waals surface area contributed by atoms with Gasteiger partial charge in [0, 0.05) is 17.0 Å². The summed E-state index contributed by atoms with van der Waals surface area (Å²) in [5.74, 6) is -0.879. The highest BCUT2D eigenvalue weighted by Crippen LogP contribution is 2.28. The molecule has 7 heteroatoms. The van der Waals surface area contributed by atoms with Gasteiger partial charge in [-0.2, -0.15) is 5.26 Å². The third-order valence-corrected chi connectivity index (χ3v) is 7.15. The molecule has 0 saturated carbocycles. The van der Waals surface area contributed by atoms with Gasteiger partial charge in [0.1, 0.15) is 5.82 Å². The molecule has 31 heavy (non-hydrogen) atoms. The lowest BCUT2D eigenvalue weighted by Crippen LogP contribution is -2.38. The van der Waals surface area contributed by atoms with Crippen LogP contribution in [-0.4, -0.2) is 14.5 Å². The Morgan fingerprint density at radius 2 is 1.81 bits per heavy atom. The monoisotopic (exact) mass is 456 g/mol. The molecule has 0 amide bonds. The summed E-state index contributed by atoms with van der Waals surface area (Å²) in [7, 11) is -3.96. The first kappa shape index (κ1) is 23.0. The molecule has 0 fully saturated rings. The van der Waals surface area contributed by atoms with Gasteiger partial charge in [0.2, 0.25) is 10.0 Å². The van der Waals surface area contributed by atoms with Gasteiger partial charge in [-0.1, -0.05) is 41.9 Å². The zero-order valence-corrected chi connectivity index (χ0v) is 18.7. The zero-order chi connectivity index (χ0) is 22.6. The molecule has 160 valence electrons. The second-order valence-electron chi connectivity index (χ2n) is 7.49. The van der Waals surface area contributed by atoms with Gasteiger partial charge in [-0.05, 0) is 73.4 Å². The van der Waals surface area contributed by atoms with Crippen molar-refractivity contribution in [2.24, 2.45) is 0 Å². The van der Waals surface area contributed by atoms with Gasteiger partial charge in [-0.3, -0.25) is 0 Å². The van der Waals surface area contributed by atoms with Crippen LogP contribution < -0.4 is 4.72 Å². The van der Waals surface area contributed by atoms with Crippen LogP contribution >= 0.6 is 11.6 Å². The van der Waals surface area contributed by atoms with Crippen LogP contribution in [0.2, 0.25) is 5.02 Å². The quantitative estimate of drug-likeness (QED) is 0.520. The fourth-order valence-electron chi connectivity index (χ4n) is 3.55. The largest absolute Gasteiger partial charge is 0.241 e. The number of nitrogens with one attached hydrogen (secondary N) is 1. The predicted molar refractivity (Wildman–Crippen MR) is 120 cm³/mol. The summed E-state index contributed by atoms with van der Waals surface area (Å²) >= 11 is 5.99. The van der Waals surface area contributed by atoms with Gasteiger partial charge in [0.15, 0.2) is 0 Å². The van der Waals surface area contributed by atoms with Crippen molar-refractivity contribution in [2.75, 3.05) is 0 Å². The Balaban J connectivity index is 1.96. The fourth-order valence-corrected chi connectivity index (χ4v) is 5.22. The fraction of sp³-hybridized carbons (Fsp3) is 0.208. The minimum absolute atomic E-state index is 0.0876. The van der Waals surface area contributed by atoms with Gasteiger partial charge in [0.25, 0.3) is 0 Å². The van der Waals surface area contributed by atoms with E-state index >= 15 is 0 Å². The van der Waals surface area contributed by atoms with Crippen LogP contribution in [0.15, 0.2) is 71.6 Å². The average Bonchev–Trinajstić information content (AvgIpc) is 2.74. The normalized spacial score (nSPS) is 13.4. The van der Waals surface area contributed by atoms with Crippen LogP contribution in [0.5, 0.6) is 0 Å². The van der Waals surface area contributed by atoms with E-state index in [4.69, 9.17) is 11.6 Å². The van der Waals surface area contributed by atoms with Crippen LogP contribution in [0.3, 0.4) is 0 Å². The molecule has 0 aromatic heterocycles. The van der Waals surface area contributed by atoms with E-state index in [0.717, 1.165) is 17.2 Å². The summed E-state index contributed by atoms with van der Waals surface area (Å²) in [5, 5.41) is 9.90. The second kappa shape index (κ2) is 9.61. The topological polar surface area (TPSA) is 70.0 Å². The highest BCUT2D eigenvalue weighted by Gasteiger charge is 2.27. The maximum Gasteiger partial charge on any atom is 0.241 e. The minimum Gasteiger partial charge on any atom is -0.208 e. The molecule has 2 atom stereocenters. The number of halogens is 2. The maximum absolute atomic E-state index is 13.7. The number of rotatable bonds is 7. The van der Waals surface area contributed by atoms with Gasteiger partial charge >= 0.3 is 0 Å². The molecule has 3 rings (SSSR count). The highest BCUT2D eigenvalue weighted by molar-refractivity contribution is 7.89. The van der Waals surface area contributed by atoms with E-state index in [-0.39, 0.29) is 10.8 Å². The first-order valence-corrected chi connectivity index (χ1v) is 11.6. The van der Waals surface area contributed by atoms with Gasteiger partial charge < -0.3 is 0 Å². The third-order valence-electron chi connectivity index (χ3n) is 5.20. The number of hydrogen-bond acceptors (Lipinski definition) is 3. The van der Waals surface area contributed by atoms with E-state index in [2.05, 4.69) is 10.8 Å². The number of nitriles is 1. The lowest BCUT2D eigenvalue weighted by atomic mass is 9.86. The van der Waals surface area contributed by atoms with Crippen molar-refractivity contribution >= 4 is 21.6 Å². The first-order valence-electron chi connectivity index (χ1n) is 9.72. The van der Waals surface area contributed by atoms with E-state index in [9.17, 15) is 18.1 Å². The van der Waals surface area contributed by atoms with Crippen LogP contribution in [0.4, 0.5) is 4.39 Å². The Morgan fingerprint density at radius 1 is 1.10 bits per heavy atom. The number of sulfonamides is 1. The van der Waals surface area contributed by atoms with E-state index in [1.54, 1.807) is 44.2 Å². The molecule has 0 heterocycles. The zero-order valence-electron chi connectivity index (χ0n) is 17.1. The van der Waals surface area contributed by atoms with Crippen molar-refractivity contribution in [3.8, 4) is 6.07 Å². The Bertz CT molecular complexity index is 1220. The third kappa shape index (κ3) is 5.71. The molecule has 0 aliphatic carbocycles. The smallest absolute Gasteiger partial charge is 0.208 e.